The highest BCUT2D eigenvalue weighted by Gasteiger charge is 2.18. The molecule has 0 aliphatic carbocycles. The van der Waals surface area contributed by atoms with E-state index in [1.807, 2.05) is 0 Å². The summed E-state index contributed by atoms with van der Waals surface area (Å²) in [6, 6.07) is 1.76. The Balaban J connectivity index is 2.76. The summed E-state index contributed by atoms with van der Waals surface area (Å²) in [5.74, 6) is -3.07. The van der Waals surface area contributed by atoms with Crippen molar-refractivity contribution in [3.8, 4) is 5.69 Å². The van der Waals surface area contributed by atoms with Crippen LogP contribution >= 0.6 is 15.9 Å². The average Bonchev–Trinajstić information content (AvgIpc) is 2.43. The zero-order chi connectivity index (χ0) is 15.7. The molecular formula is C13H9BrF2N2O3. The van der Waals surface area contributed by atoms with E-state index in [2.05, 4.69) is 21.0 Å². The molecule has 0 spiro atoms. The molecule has 0 fully saturated rings. The fourth-order valence-electron chi connectivity index (χ4n) is 1.74. The Labute approximate surface area is 126 Å². The molecule has 110 valence electrons. The predicted molar refractivity (Wildman–Crippen MR) is 73.8 cm³/mol. The topological polar surface area (TPSA) is 72.2 Å². The Bertz CT molecular complexity index is 790. The first-order valence-electron chi connectivity index (χ1n) is 5.86. The van der Waals surface area contributed by atoms with Gasteiger partial charge in [0.25, 0.3) is 0 Å². The van der Waals surface area contributed by atoms with Crippen molar-refractivity contribution in [2.75, 3.05) is 0 Å². The molecule has 2 aromatic rings. The van der Waals surface area contributed by atoms with Crippen LogP contribution in [0.3, 0.4) is 0 Å². The van der Waals surface area contributed by atoms with Gasteiger partial charge < -0.3 is 5.11 Å². The van der Waals surface area contributed by atoms with Gasteiger partial charge in [-0.1, -0.05) is 6.92 Å². The Kier molecular flexibility index (Phi) is 4.17. The second kappa shape index (κ2) is 5.72. The van der Waals surface area contributed by atoms with E-state index in [0.717, 1.165) is 16.8 Å². The molecule has 5 nitrogen and oxygen atoms in total. The highest BCUT2D eigenvalue weighted by molar-refractivity contribution is 9.10. The fraction of sp³-hybridized carbons (Fsp3) is 0.154. The van der Waals surface area contributed by atoms with Gasteiger partial charge in [0.1, 0.15) is 17.3 Å². The maximum atomic E-state index is 13.9. The first-order chi connectivity index (χ1) is 9.85. The van der Waals surface area contributed by atoms with Crippen LogP contribution in [0, 0.1) is 11.6 Å². The molecule has 0 unspecified atom stereocenters. The Hall–Kier alpha value is -2.09. The van der Waals surface area contributed by atoms with Crippen molar-refractivity contribution in [1.82, 2.24) is 9.78 Å². The number of nitrogens with zero attached hydrogens (tertiary/aromatic N) is 2. The molecule has 1 N–H and O–H groups in total. The summed E-state index contributed by atoms with van der Waals surface area (Å²) in [4.78, 5) is 22.8. The smallest absolute Gasteiger partial charge is 0.360 e. The maximum absolute atomic E-state index is 13.9. The minimum Gasteiger partial charge on any atom is -0.476 e. The third kappa shape index (κ3) is 2.85. The van der Waals surface area contributed by atoms with E-state index in [4.69, 9.17) is 5.11 Å². The molecule has 0 amide bonds. The number of carboxylic acids is 1. The summed E-state index contributed by atoms with van der Waals surface area (Å²) >= 11 is 2.84. The largest absolute Gasteiger partial charge is 0.476 e. The molecule has 0 atom stereocenters. The van der Waals surface area contributed by atoms with Gasteiger partial charge in [-0.2, -0.15) is 5.10 Å². The van der Waals surface area contributed by atoms with E-state index in [0.29, 0.717) is 0 Å². The lowest BCUT2D eigenvalue weighted by molar-refractivity contribution is 0.0686. The highest BCUT2D eigenvalue weighted by atomic mass is 79.9. The van der Waals surface area contributed by atoms with Gasteiger partial charge in [0.05, 0.1) is 4.47 Å². The molecule has 0 saturated heterocycles. The van der Waals surface area contributed by atoms with E-state index >= 15 is 0 Å². The van der Waals surface area contributed by atoms with Crippen LogP contribution in [0.2, 0.25) is 0 Å². The van der Waals surface area contributed by atoms with Crippen LogP contribution in [-0.2, 0) is 6.42 Å². The number of aromatic carboxylic acids is 1. The van der Waals surface area contributed by atoms with Crippen molar-refractivity contribution in [2.24, 2.45) is 0 Å². The zero-order valence-corrected chi connectivity index (χ0v) is 12.3. The molecule has 0 aliphatic heterocycles. The van der Waals surface area contributed by atoms with Crippen LogP contribution in [0.25, 0.3) is 5.69 Å². The van der Waals surface area contributed by atoms with Crippen LogP contribution in [0.15, 0.2) is 27.6 Å². The van der Waals surface area contributed by atoms with Gasteiger partial charge in [-0.05, 0) is 28.4 Å². The molecule has 0 radical (unpaired) electrons. The monoisotopic (exact) mass is 358 g/mol. The molecule has 0 saturated carbocycles. The third-order valence-corrected chi connectivity index (χ3v) is 3.42. The normalized spacial score (nSPS) is 10.7. The van der Waals surface area contributed by atoms with Crippen LogP contribution in [-0.4, -0.2) is 20.9 Å². The van der Waals surface area contributed by atoms with Crippen LogP contribution in [0.5, 0.6) is 0 Å². The van der Waals surface area contributed by atoms with Gasteiger partial charge in [-0.25, -0.2) is 18.3 Å². The molecule has 1 heterocycles. The second-order valence-corrected chi connectivity index (χ2v) is 5.01. The number of rotatable bonds is 3. The minimum absolute atomic E-state index is 0.0704. The van der Waals surface area contributed by atoms with E-state index in [9.17, 15) is 18.4 Å². The number of carboxylic acid groups (broad SMARTS) is 1. The minimum atomic E-state index is -1.53. The molecule has 21 heavy (non-hydrogen) atoms. The van der Waals surface area contributed by atoms with Crippen molar-refractivity contribution in [3.63, 3.8) is 0 Å². The summed E-state index contributed by atoms with van der Waals surface area (Å²) in [5, 5.41) is 12.5. The third-order valence-electron chi connectivity index (χ3n) is 2.81. The lowest BCUT2D eigenvalue weighted by Crippen LogP contribution is -2.25. The van der Waals surface area contributed by atoms with Gasteiger partial charge >= 0.3 is 5.97 Å². The summed E-state index contributed by atoms with van der Waals surface area (Å²) in [5.41, 5.74) is -1.62. The summed E-state index contributed by atoms with van der Waals surface area (Å²) in [6.07, 6.45) is 1.43. The number of benzene rings is 1. The number of halogens is 3. The Morgan fingerprint density at radius 2 is 2.05 bits per heavy atom. The van der Waals surface area contributed by atoms with E-state index in [-0.39, 0.29) is 22.1 Å². The van der Waals surface area contributed by atoms with Crippen molar-refractivity contribution in [1.29, 1.82) is 0 Å². The van der Waals surface area contributed by atoms with Crippen LogP contribution < -0.4 is 5.43 Å². The van der Waals surface area contributed by atoms with Gasteiger partial charge in [0.2, 0.25) is 11.1 Å². The average molecular weight is 359 g/mol. The number of aryl methyl sites for hydroxylation is 1. The Morgan fingerprint density at radius 1 is 1.38 bits per heavy atom. The van der Waals surface area contributed by atoms with Gasteiger partial charge in [0.15, 0.2) is 0 Å². The molecule has 0 aliphatic rings. The number of aromatic nitrogens is 2. The second-order valence-electron chi connectivity index (χ2n) is 4.15. The van der Waals surface area contributed by atoms with E-state index < -0.39 is 28.7 Å². The van der Waals surface area contributed by atoms with Crippen molar-refractivity contribution >= 4 is 21.9 Å². The summed E-state index contributed by atoms with van der Waals surface area (Å²) in [6.45, 7) is 1.64. The molecule has 8 heteroatoms. The lowest BCUT2D eigenvalue weighted by atomic mass is 10.2. The SMILES string of the molecule is CCc1cn(-c2cc(F)c(Br)cc2F)nc(C(=O)O)c1=O. The van der Waals surface area contributed by atoms with E-state index in [1.54, 1.807) is 6.92 Å². The number of carbonyl (C=O) groups is 1. The molecule has 0 bridgehead atoms. The highest BCUT2D eigenvalue weighted by Crippen LogP contribution is 2.22. The predicted octanol–water partition coefficient (Wildman–Crippen LogP) is 2.53. The van der Waals surface area contributed by atoms with Gasteiger partial charge in [-0.15, -0.1) is 0 Å². The van der Waals surface area contributed by atoms with E-state index in [1.165, 1.54) is 6.20 Å². The molecule has 1 aromatic carbocycles. The Morgan fingerprint density at radius 3 is 2.62 bits per heavy atom. The quantitative estimate of drug-likeness (QED) is 0.855. The standard InChI is InChI=1S/C13H9BrF2N2O3/c1-2-6-5-18(17-11(12(6)19)13(20)21)10-4-8(15)7(14)3-9(10)16/h3-5H,2H2,1H3,(H,20,21). The van der Waals surface area contributed by atoms with Crippen molar-refractivity contribution in [3.05, 3.63) is 55.9 Å². The first-order valence-corrected chi connectivity index (χ1v) is 6.65. The van der Waals surface area contributed by atoms with Crippen LogP contribution in [0.1, 0.15) is 23.0 Å². The molecule has 2 rings (SSSR count). The molecular weight excluding hydrogens is 350 g/mol. The number of hydrogen-bond acceptors (Lipinski definition) is 3. The molecule has 1 aromatic heterocycles. The van der Waals surface area contributed by atoms with Crippen LogP contribution in [0.4, 0.5) is 8.78 Å². The maximum Gasteiger partial charge on any atom is 0.360 e. The fourth-order valence-corrected chi connectivity index (χ4v) is 2.06. The summed E-state index contributed by atoms with van der Waals surface area (Å²) in [7, 11) is 0. The summed E-state index contributed by atoms with van der Waals surface area (Å²) < 4.78 is 28.2. The lowest BCUT2D eigenvalue weighted by Gasteiger charge is -2.10. The van der Waals surface area contributed by atoms with Crippen molar-refractivity contribution < 1.29 is 18.7 Å². The number of hydrogen-bond donors (Lipinski definition) is 1. The van der Waals surface area contributed by atoms with Gasteiger partial charge in [-0.3, -0.25) is 4.79 Å². The zero-order valence-electron chi connectivity index (χ0n) is 10.7. The van der Waals surface area contributed by atoms with Crippen molar-refractivity contribution in [2.45, 2.75) is 13.3 Å². The van der Waals surface area contributed by atoms with Gasteiger partial charge in [0, 0.05) is 17.8 Å². The first kappa shape index (κ1) is 15.3.